The van der Waals surface area contributed by atoms with Crippen LogP contribution in [0.2, 0.25) is 39.3 Å². The fourth-order valence-electron chi connectivity index (χ4n) is 1.54. The zero-order valence-corrected chi connectivity index (χ0v) is 14.3. The van der Waals surface area contributed by atoms with Crippen molar-refractivity contribution in [3.63, 3.8) is 0 Å². The van der Waals surface area contributed by atoms with Gasteiger partial charge in [0.25, 0.3) is 0 Å². The molecule has 0 amide bonds. The van der Waals surface area contributed by atoms with Crippen LogP contribution in [0.1, 0.15) is 12.8 Å². The van der Waals surface area contributed by atoms with Crippen LogP contribution >= 0.6 is 7.60 Å². The van der Waals surface area contributed by atoms with Crippen LogP contribution in [0.5, 0.6) is 0 Å². The molecule has 0 N–H and O–H groups in total. The van der Waals surface area contributed by atoms with Crippen LogP contribution in [0.15, 0.2) is 0 Å². The van der Waals surface area contributed by atoms with E-state index >= 15 is 0 Å². The van der Waals surface area contributed by atoms with E-state index in [1.165, 1.54) is 12.8 Å². The second-order valence-corrected chi connectivity index (χ2v) is 18.1. The van der Waals surface area contributed by atoms with Gasteiger partial charge in [-0.3, -0.25) is 4.57 Å². The maximum absolute atomic E-state index is 12.7. The first-order valence-electron chi connectivity index (χ1n) is 6.00. The summed E-state index contributed by atoms with van der Waals surface area (Å²) in [7, 11) is -6.43. The first-order chi connectivity index (χ1) is 6.99. The average molecular weight is 280 g/mol. The Bertz CT molecular complexity index is 269. The molecule has 1 fully saturated rings. The molecule has 0 aromatic carbocycles. The van der Waals surface area contributed by atoms with Gasteiger partial charge in [0, 0.05) is 0 Å². The molecule has 0 spiro atoms. The first-order valence-corrected chi connectivity index (χ1v) is 14.5. The molecule has 1 rings (SSSR count). The molecule has 0 bridgehead atoms. The van der Waals surface area contributed by atoms with Crippen molar-refractivity contribution in [1.82, 2.24) is 0 Å². The minimum Gasteiger partial charge on any atom is -0.352 e. The third-order valence-electron chi connectivity index (χ3n) is 2.00. The molecule has 0 unspecified atom stereocenters. The summed E-state index contributed by atoms with van der Waals surface area (Å²) < 4.78 is 24.4. The maximum Gasteiger partial charge on any atom is 0.311 e. The van der Waals surface area contributed by atoms with E-state index in [1.807, 2.05) is 0 Å². The van der Waals surface area contributed by atoms with E-state index in [4.69, 9.17) is 8.43 Å². The van der Waals surface area contributed by atoms with Crippen molar-refractivity contribution in [1.29, 1.82) is 0 Å². The molecule has 0 heterocycles. The molecule has 0 saturated heterocycles. The largest absolute Gasteiger partial charge is 0.352 e. The Hall–Kier alpha value is 0.584. The summed E-state index contributed by atoms with van der Waals surface area (Å²) in [6.07, 6.45) is 3.02. The SMILES string of the molecule is C[Si](C)(C)OP(=O)(CC1CC1)O[Si](C)(C)C. The number of hydrogen-bond donors (Lipinski definition) is 0. The molecule has 3 nitrogen and oxygen atoms in total. The molecule has 0 aromatic rings. The molecule has 16 heavy (non-hydrogen) atoms. The Kier molecular flexibility index (Phi) is 4.29. The first kappa shape index (κ1) is 14.6. The lowest BCUT2D eigenvalue weighted by Gasteiger charge is -2.31. The monoisotopic (exact) mass is 280 g/mol. The fraction of sp³-hybridized carbons (Fsp3) is 1.00. The van der Waals surface area contributed by atoms with Crippen LogP contribution in [-0.2, 0) is 13.0 Å². The Morgan fingerprint density at radius 2 is 1.38 bits per heavy atom. The van der Waals surface area contributed by atoms with Crippen molar-refractivity contribution < 1.29 is 13.0 Å². The van der Waals surface area contributed by atoms with E-state index < -0.39 is 24.2 Å². The molecule has 96 valence electrons. The summed E-state index contributed by atoms with van der Waals surface area (Å²) in [5, 5.41) is 0. The van der Waals surface area contributed by atoms with Crippen LogP contribution < -0.4 is 0 Å². The standard InChI is InChI=1S/C10H25O3PSi2/c1-15(2,3)12-14(11,9-10-7-8-10)13-16(4,5)6/h10H,7-9H2,1-6H3. The molecule has 0 atom stereocenters. The van der Waals surface area contributed by atoms with Crippen LogP contribution in [-0.4, -0.2) is 22.8 Å². The highest BCUT2D eigenvalue weighted by Crippen LogP contribution is 2.57. The van der Waals surface area contributed by atoms with E-state index in [9.17, 15) is 4.57 Å². The lowest BCUT2D eigenvalue weighted by molar-refractivity contribution is 0.380. The van der Waals surface area contributed by atoms with Crippen molar-refractivity contribution in [2.75, 3.05) is 6.16 Å². The molecule has 0 aliphatic heterocycles. The van der Waals surface area contributed by atoms with Gasteiger partial charge >= 0.3 is 7.60 Å². The Morgan fingerprint density at radius 1 is 1.00 bits per heavy atom. The predicted octanol–water partition coefficient (Wildman–Crippen LogP) is 4.29. The van der Waals surface area contributed by atoms with Gasteiger partial charge in [0.15, 0.2) is 16.6 Å². The normalized spacial score (nSPS) is 18.9. The smallest absolute Gasteiger partial charge is 0.311 e. The second-order valence-electron chi connectivity index (χ2n) is 6.64. The van der Waals surface area contributed by atoms with Crippen LogP contribution in [0.25, 0.3) is 0 Å². The maximum atomic E-state index is 12.7. The average Bonchev–Trinajstić information content (AvgIpc) is 2.58. The zero-order valence-electron chi connectivity index (χ0n) is 11.4. The molecule has 6 heteroatoms. The third kappa shape index (κ3) is 6.35. The van der Waals surface area contributed by atoms with Gasteiger partial charge in [0.2, 0.25) is 0 Å². The molecule has 0 radical (unpaired) electrons. The Balaban J connectivity index is 2.70. The molecular formula is C10H25O3PSi2. The lowest BCUT2D eigenvalue weighted by atomic mass is 10.5. The zero-order chi connectivity index (χ0) is 12.6. The molecule has 0 aromatic heterocycles. The fourth-order valence-corrected chi connectivity index (χ4v) is 10.3. The lowest BCUT2D eigenvalue weighted by Crippen LogP contribution is -2.30. The van der Waals surface area contributed by atoms with Gasteiger partial charge in [-0.2, -0.15) is 0 Å². The molecule has 1 saturated carbocycles. The third-order valence-corrected chi connectivity index (χ3v) is 9.58. The van der Waals surface area contributed by atoms with Crippen LogP contribution in [0.3, 0.4) is 0 Å². The highest BCUT2D eigenvalue weighted by Gasteiger charge is 2.40. The van der Waals surface area contributed by atoms with Gasteiger partial charge < -0.3 is 8.43 Å². The van der Waals surface area contributed by atoms with E-state index in [-0.39, 0.29) is 0 Å². The van der Waals surface area contributed by atoms with Crippen LogP contribution in [0, 0.1) is 5.92 Å². The second kappa shape index (κ2) is 4.69. The molecular weight excluding hydrogens is 255 g/mol. The molecule has 1 aliphatic rings. The van der Waals surface area contributed by atoms with Gasteiger partial charge in [0.05, 0.1) is 6.16 Å². The highest BCUT2D eigenvalue weighted by atomic mass is 31.2. The van der Waals surface area contributed by atoms with Gasteiger partial charge in [-0.1, -0.05) is 0 Å². The minimum absolute atomic E-state index is 0.582. The predicted molar refractivity (Wildman–Crippen MR) is 74.1 cm³/mol. The van der Waals surface area contributed by atoms with E-state index in [2.05, 4.69) is 39.3 Å². The highest BCUT2D eigenvalue weighted by molar-refractivity contribution is 7.57. The minimum atomic E-state index is -2.83. The van der Waals surface area contributed by atoms with Crippen molar-refractivity contribution in [2.24, 2.45) is 5.92 Å². The Morgan fingerprint density at radius 3 is 1.62 bits per heavy atom. The van der Waals surface area contributed by atoms with Gasteiger partial charge in [0.1, 0.15) is 0 Å². The summed E-state index contributed by atoms with van der Waals surface area (Å²) in [4.78, 5) is 0. The number of hydrogen-bond acceptors (Lipinski definition) is 3. The quantitative estimate of drug-likeness (QED) is 0.538. The van der Waals surface area contributed by atoms with Crippen molar-refractivity contribution in [2.45, 2.75) is 52.1 Å². The summed E-state index contributed by atoms with van der Waals surface area (Å²) in [6.45, 7) is 12.4. The van der Waals surface area contributed by atoms with Gasteiger partial charge in [-0.15, -0.1) is 0 Å². The van der Waals surface area contributed by atoms with Crippen LogP contribution in [0.4, 0.5) is 0 Å². The summed E-state index contributed by atoms with van der Waals surface area (Å²) >= 11 is 0. The Labute approximate surface area is 102 Å². The topological polar surface area (TPSA) is 35.5 Å². The van der Waals surface area contributed by atoms with E-state index in [0.717, 1.165) is 0 Å². The molecule has 1 aliphatic carbocycles. The van der Waals surface area contributed by atoms with Gasteiger partial charge in [-0.05, 0) is 58.0 Å². The van der Waals surface area contributed by atoms with Crippen molar-refractivity contribution in [3.8, 4) is 0 Å². The van der Waals surface area contributed by atoms with Gasteiger partial charge in [-0.25, -0.2) is 0 Å². The summed E-state index contributed by atoms with van der Waals surface area (Å²) in [5.41, 5.74) is 0. The van der Waals surface area contributed by atoms with Crippen molar-refractivity contribution >= 4 is 24.2 Å². The van der Waals surface area contributed by atoms with E-state index in [0.29, 0.717) is 12.1 Å². The summed E-state index contributed by atoms with van der Waals surface area (Å²) in [5.74, 6) is 0.582. The van der Waals surface area contributed by atoms with E-state index in [1.54, 1.807) is 0 Å². The van der Waals surface area contributed by atoms with Crippen molar-refractivity contribution in [3.05, 3.63) is 0 Å². The number of rotatable bonds is 6. The summed E-state index contributed by atoms with van der Waals surface area (Å²) in [6, 6.07) is 0.